The summed E-state index contributed by atoms with van der Waals surface area (Å²) in [4.78, 5) is 12.0. The van der Waals surface area contributed by atoms with E-state index in [1.807, 2.05) is 18.2 Å². The van der Waals surface area contributed by atoms with E-state index >= 15 is 0 Å². The van der Waals surface area contributed by atoms with E-state index in [-0.39, 0.29) is 24.0 Å². The van der Waals surface area contributed by atoms with Gasteiger partial charge in [0, 0.05) is 12.6 Å². The molecule has 2 aromatic carbocycles. The van der Waals surface area contributed by atoms with E-state index in [1.165, 1.54) is 17.7 Å². The van der Waals surface area contributed by atoms with Crippen LogP contribution in [0.2, 0.25) is 0 Å². The van der Waals surface area contributed by atoms with Crippen LogP contribution in [0.1, 0.15) is 31.2 Å². The van der Waals surface area contributed by atoms with Gasteiger partial charge in [0.2, 0.25) is 0 Å². The van der Waals surface area contributed by atoms with E-state index in [0.717, 1.165) is 32.1 Å². The number of amides is 2. The second kappa shape index (κ2) is 9.22. The maximum absolute atomic E-state index is 12.9. The standard InChI is InChI=1S/C21H25FN2O2/c22-17-6-10-19(11-7-17)26-20-12-8-18(9-13-20)24-21(25)23-15-14-16-4-2-1-3-5-16/h1-7,10-11,18,20H,8-9,12-15H2,(H2,23,24,25)/t18-,20+. The molecule has 26 heavy (non-hydrogen) atoms. The molecule has 0 bridgehead atoms. The predicted molar refractivity (Wildman–Crippen MR) is 99.8 cm³/mol. The van der Waals surface area contributed by atoms with E-state index in [0.29, 0.717) is 12.3 Å². The largest absolute Gasteiger partial charge is 0.490 e. The molecule has 3 rings (SSSR count). The zero-order valence-corrected chi connectivity index (χ0v) is 14.8. The quantitative estimate of drug-likeness (QED) is 0.820. The SMILES string of the molecule is O=C(NCCc1ccccc1)N[C@H]1CC[C@@H](Oc2ccc(F)cc2)CC1. The average molecular weight is 356 g/mol. The third kappa shape index (κ3) is 5.76. The smallest absolute Gasteiger partial charge is 0.315 e. The summed E-state index contributed by atoms with van der Waals surface area (Å²) in [5, 5.41) is 5.96. The number of rotatable bonds is 6. The van der Waals surface area contributed by atoms with Gasteiger partial charge >= 0.3 is 6.03 Å². The van der Waals surface area contributed by atoms with Crippen LogP contribution < -0.4 is 15.4 Å². The molecule has 2 N–H and O–H groups in total. The van der Waals surface area contributed by atoms with Gasteiger partial charge in [-0.05, 0) is 61.9 Å². The highest BCUT2D eigenvalue weighted by atomic mass is 19.1. The first kappa shape index (κ1) is 18.2. The molecule has 2 aromatic rings. The summed E-state index contributed by atoms with van der Waals surface area (Å²) < 4.78 is 18.8. The molecule has 5 heteroatoms. The Labute approximate surface area is 153 Å². The first-order chi connectivity index (χ1) is 12.7. The van der Waals surface area contributed by atoms with Crippen LogP contribution in [0.5, 0.6) is 5.75 Å². The number of ether oxygens (including phenoxy) is 1. The molecule has 138 valence electrons. The van der Waals surface area contributed by atoms with Crippen LogP contribution in [0.3, 0.4) is 0 Å². The highest BCUT2D eigenvalue weighted by Gasteiger charge is 2.23. The van der Waals surface area contributed by atoms with Crippen LogP contribution in [-0.4, -0.2) is 24.7 Å². The summed E-state index contributed by atoms with van der Waals surface area (Å²) in [6.45, 7) is 0.624. The van der Waals surface area contributed by atoms with Gasteiger partial charge in [-0.15, -0.1) is 0 Å². The summed E-state index contributed by atoms with van der Waals surface area (Å²) in [6, 6.07) is 16.3. The molecule has 1 fully saturated rings. The van der Waals surface area contributed by atoms with Crippen molar-refractivity contribution in [2.75, 3.05) is 6.54 Å². The number of benzene rings is 2. The van der Waals surface area contributed by atoms with Gasteiger partial charge in [0.05, 0.1) is 6.10 Å². The molecule has 0 aliphatic heterocycles. The van der Waals surface area contributed by atoms with Gasteiger partial charge in [-0.2, -0.15) is 0 Å². The van der Waals surface area contributed by atoms with Gasteiger partial charge in [0.1, 0.15) is 11.6 Å². The molecule has 1 aliphatic carbocycles. The van der Waals surface area contributed by atoms with Gasteiger partial charge in [-0.1, -0.05) is 30.3 Å². The Balaban J connectivity index is 1.33. The maximum Gasteiger partial charge on any atom is 0.315 e. The Hall–Kier alpha value is -2.56. The molecule has 0 atom stereocenters. The molecule has 0 unspecified atom stereocenters. The van der Waals surface area contributed by atoms with Crippen molar-refractivity contribution in [3.63, 3.8) is 0 Å². The van der Waals surface area contributed by atoms with Crippen molar-refractivity contribution in [2.45, 2.75) is 44.2 Å². The van der Waals surface area contributed by atoms with Crippen LogP contribution in [0.4, 0.5) is 9.18 Å². The van der Waals surface area contributed by atoms with E-state index in [9.17, 15) is 9.18 Å². The van der Waals surface area contributed by atoms with Crippen LogP contribution in [0.15, 0.2) is 54.6 Å². The zero-order valence-electron chi connectivity index (χ0n) is 14.8. The predicted octanol–water partition coefficient (Wildman–Crippen LogP) is 4.06. The Morgan fingerprint density at radius 3 is 2.38 bits per heavy atom. The second-order valence-corrected chi connectivity index (χ2v) is 6.68. The average Bonchev–Trinajstić information content (AvgIpc) is 2.66. The van der Waals surface area contributed by atoms with E-state index in [4.69, 9.17) is 4.74 Å². The van der Waals surface area contributed by atoms with Gasteiger partial charge in [0.25, 0.3) is 0 Å². The third-order valence-electron chi connectivity index (χ3n) is 4.67. The van der Waals surface area contributed by atoms with Gasteiger partial charge in [0.15, 0.2) is 0 Å². The van der Waals surface area contributed by atoms with Crippen molar-refractivity contribution in [2.24, 2.45) is 0 Å². The van der Waals surface area contributed by atoms with Gasteiger partial charge < -0.3 is 15.4 Å². The summed E-state index contributed by atoms with van der Waals surface area (Å²) >= 11 is 0. The summed E-state index contributed by atoms with van der Waals surface area (Å²) in [6.07, 6.45) is 4.49. The molecule has 0 aromatic heterocycles. The maximum atomic E-state index is 12.9. The number of nitrogens with one attached hydrogen (secondary N) is 2. The van der Waals surface area contributed by atoms with Crippen molar-refractivity contribution in [1.29, 1.82) is 0 Å². The van der Waals surface area contributed by atoms with E-state index in [2.05, 4.69) is 22.8 Å². The summed E-state index contributed by atoms with van der Waals surface area (Å²) in [7, 11) is 0. The second-order valence-electron chi connectivity index (χ2n) is 6.68. The zero-order chi connectivity index (χ0) is 18.2. The first-order valence-electron chi connectivity index (χ1n) is 9.19. The molecule has 4 nitrogen and oxygen atoms in total. The van der Waals surface area contributed by atoms with Crippen LogP contribution >= 0.6 is 0 Å². The van der Waals surface area contributed by atoms with E-state index < -0.39 is 0 Å². The van der Waals surface area contributed by atoms with Crippen molar-refractivity contribution in [1.82, 2.24) is 10.6 Å². The molecule has 2 amide bonds. The molecule has 0 heterocycles. The van der Waals surface area contributed by atoms with Crippen molar-refractivity contribution in [3.05, 3.63) is 66.0 Å². The molecule has 0 saturated heterocycles. The minimum atomic E-state index is -0.261. The number of urea groups is 1. The fourth-order valence-corrected chi connectivity index (χ4v) is 3.23. The monoisotopic (exact) mass is 356 g/mol. The van der Waals surface area contributed by atoms with Crippen molar-refractivity contribution < 1.29 is 13.9 Å². The van der Waals surface area contributed by atoms with Gasteiger partial charge in [-0.25, -0.2) is 9.18 Å². The van der Waals surface area contributed by atoms with Gasteiger partial charge in [-0.3, -0.25) is 0 Å². The molecular weight excluding hydrogens is 331 g/mol. The highest BCUT2D eigenvalue weighted by molar-refractivity contribution is 5.74. The highest BCUT2D eigenvalue weighted by Crippen LogP contribution is 2.24. The Morgan fingerprint density at radius 1 is 1.00 bits per heavy atom. The van der Waals surface area contributed by atoms with Crippen molar-refractivity contribution >= 4 is 6.03 Å². The van der Waals surface area contributed by atoms with Crippen molar-refractivity contribution in [3.8, 4) is 5.75 Å². The molecular formula is C21H25FN2O2. The molecule has 1 saturated carbocycles. The fraction of sp³-hybridized carbons (Fsp3) is 0.381. The molecule has 0 radical (unpaired) electrons. The number of hydrogen-bond donors (Lipinski definition) is 2. The topological polar surface area (TPSA) is 50.4 Å². The number of hydrogen-bond acceptors (Lipinski definition) is 2. The third-order valence-corrected chi connectivity index (χ3v) is 4.67. The lowest BCUT2D eigenvalue weighted by Crippen LogP contribution is -2.45. The summed E-state index contributed by atoms with van der Waals surface area (Å²) in [5.41, 5.74) is 1.21. The van der Waals surface area contributed by atoms with Crippen LogP contribution in [-0.2, 0) is 6.42 Å². The Morgan fingerprint density at radius 2 is 1.69 bits per heavy atom. The normalized spacial score (nSPS) is 19.6. The molecule has 1 aliphatic rings. The summed E-state index contributed by atoms with van der Waals surface area (Å²) in [5.74, 6) is 0.435. The Bertz CT molecular complexity index is 683. The lowest BCUT2D eigenvalue weighted by molar-refractivity contribution is 0.140. The fourth-order valence-electron chi connectivity index (χ4n) is 3.23. The first-order valence-corrected chi connectivity index (χ1v) is 9.19. The van der Waals surface area contributed by atoms with Crippen LogP contribution in [0, 0.1) is 5.82 Å². The number of halogens is 1. The Kier molecular flexibility index (Phi) is 6.47. The lowest BCUT2D eigenvalue weighted by atomic mass is 9.93. The van der Waals surface area contributed by atoms with E-state index in [1.54, 1.807) is 12.1 Å². The van der Waals surface area contributed by atoms with Crippen LogP contribution in [0.25, 0.3) is 0 Å². The minimum absolute atomic E-state index is 0.108. The number of carbonyl (C=O) groups is 1. The molecule has 0 spiro atoms. The number of carbonyl (C=O) groups excluding carboxylic acids is 1. The minimum Gasteiger partial charge on any atom is -0.490 e. The lowest BCUT2D eigenvalue weighted by Gasteiger charge is -2.29.